The molecule has 0 aliphatic heterocycles. The van der Waals surface area contributed by atoms with E-state index >= 15 is 0 Å². The monoisotopic (exact) mass is 417 g/mol. The Kier molecular flexibility index (Phi) is 4.59. The first-order valence-corrected chi connectivity index (χ1v) is 12.1. The lowest BCUT2D eigenvalue weighted by Crippen LogP contribution is -2.51. The van der Waals surface area contributed by atoms with E-state index in [4.69, 9.17) is 4.74 Å². The highest BCUT2D eigenvalue weighted by molar-refractivity contribution is 7.89. The Hall–Kier alpha value is -1.73. The van der Waals surface area contributed by atoms with Gasteiger partial charge in [0, 0.05) is 11.5 Å². The van der Waals surface area contributed by atoms with Crippen molar-refractivity contribution in [3.63, 3.8) is 0 Å². The van der Waals surface area contributed by atoms with E-state index in [0.717, 1.165) is 32.1 Å². The molecule has 4 bridgehead atoms. The number of esters is 1. The molecule has 6 nitrogen and oxygen atoms in total. The highest BCUT2D eigenvalue weighted by Gasteiger charge is 2.54. The highest BCUT2D eigenvalue weighted by atomic mass is 32.2. The molecule has 0 atom stereocenters. The zero-order valence-corrected chi connectivity index (χ0v) is 17.2. The summed E-state index contributed by atoms with van der Waals surface area (Å²) in [6, 6.07) is 5.82. The van der Waals surface area contributed by atoms with Crippen molar-refractivity contribution in [2.75, 3.05) is 6.61 Å². The van der Waals surface area contributed by atoms with Crippen LogP contribution in [0.4, 0.5) is 0 Å². The molecule has 1 aromatic rings. The van der Waals surface area contributed by atoms with Crippen LogP contribution in [-0.2, 0) is 19.6 Å². The Labute approximate surface area is 171 Å². The summed E-state index contributed by atoms with van der Waals surface area (Å²) in [5, 5.41) is 0. The second-order valence-corrected chi connectivity index (χ2v) is 11.3. The zero-order valence-electron chi connectivity index (χ0n) is 16.4. The van der Waals surface area contributed by atoms with Crippen molar-refractivity contribution in [1.29, 1.82) is 0 Å². The van der Waals surface area contributed by atoms with E-state index < -0.39 is 16.0 Å². The predicted molar refractivity (Wildman–Crippen MR) is 106 cm³/mol. The van der Waals surface area contributed by atoms with Crippen LogP contribution < -0.4 is 4.72 Å². The van der Waals surface area contributed by atoms with E-state index in [9.17, 15) is 18.0 Å². The van der Waals surface area contributed by atoms with E-state index in [1.165, 1.54) is 43.5 Å². The van der Waals surface area contributed by atoms with Gasteiger partial charge in [-0.15, -0.1) is 0 Å². The second-order valence-electron chi connectivity index (χ2n) is 9.62. The van der Waals surface area contributed by atoms with Gasteiger partial charge in [-0.05, 0) is 87.3 Å². The number of carbonyl (C=O) groups is 2. The average Bonchev–Trinajstić information content (AvgIpc) is 3.48. The van der Waals surface area contributed by atoms with E-state index in [-0.39, 0.29) is 34.3 Å². The van der Waals surface area contributed by atoms with Crippen LogP contribution in [0.5, 0.6) is 0 Å². The summed E-state index contributed by atoms with van der Waals surface area (Å²) in [6.07, 6.45) is 8.26. The van der Waals surface area contributed by atoms with Gasteiger partial charge in [0.25, 0.3) is 0 Å². The van der Waals surface area contributed by atoms with Gasteiger partial charge in [-0.2, -0.15) is 0 Å². The summed E-state index contributed by atoms with van der Waals surface area (Å²) in [6.45, 7) is -0.220. The lowest BCUT2D eigenvalue weighted by atomic mass is 9.48. The minimum Gasteiger partial charge on any atom is -0.454 e. The molecule has 0 radical (unpaired) electrons. The summed E-state index contributed by atoms with van der Waals surface area (Å²) in [5.74, 6) is 1.36. The number of carbonyl (C=O) groups excluding carboxylic acids is 2. The molecule has 5 saturated carbocycles. The van der Waals surface area contributed by atoms with Crippen LogP contribution in [0.25, 0.3) is 0 Å². The Morgan fingerprint density at radius 2 is 1.66 bits per heavy atom. The fourth-order valence-corrected chi connectivity index (χ4v) is 7.45. The minimum atomic E-state index is -3.64. The fourth-order valence-electron chi connectivity index (χ4n) is 6.10. The largest absolute Gasteiger partial charge is 0.454 e. The number of rotatable bonds is 7. The number of Topliss-reactive ketones (excluding diaryl/α,β-unsaturated/α-hetero) is 1. The van der Waals surface area contributed by atoms with Crippen molar-refractivity contribution in [3.8, 4) is 0 Å². The molecule has 5 aliphatic rings. The summed E-state index contributed by atoms with van der Waals surface area (Å²) in [4.78, 5) is 25.6. The first kappa shape index (κ1) is 19.2. The Morgan fingerprint density at radius 3 is 2.24 bits per heavy atom. The molecular formula is C22H27NO5S. The van der Waals surface area contributed by atoms with Gasteiger partial charge in [-0.25, -0.2) is 17.9 Å². The fraction of sp³-hybridized carbons (Fsp3) is 0.636. The number of benzene rings is 1. The lowest BCUT2D eigenvalue weighted by Gasteiger charge is -2.55. The molecule has 7 heteroatoms. The highest BCUT2D eigenvalue weighted by Crippen LogP contribution is 2.60. The second kappa shape index (κ2) is 6.91. The summed E-state index contributed by atoms with van der Waals surface area (Å²) < 4.78 is 32.7. The summed E-state index contributed by atoms with van der Waals surface area (Å²) in [7, 11) is -3.64. The molecule has 5 fully saturated rings. The van der Waals surface area contributed by atoms with E-state index in [2.05, 4.69) is 4.72 Å². The molecular weight excluding hydrogens is 390 g/mol. The van der Waals surface area contributed by atoms with Crippen molar-refractivity contribution >= 4 is 21.8 Å². The maximum Gasteiger partial charge on any atom is 0.338 e. The van der Waals surface area contributed by atoms with Crippen LogP contribution in [-0.4, -0.2) is 32.8 Å². The van der Waals surface area contributed by atoms with Crippen molar-refractivity contribution in [3.05, 3.63) is 29.8 Å². The molecule has 0 saturated heterocycles. The third-order valence-electron chi connectivity index (χ3n) is 7.24. The van der Waals surface area contributed by atoms with Gasteiger partial charge < -0.3 is 4.74 Å². The Morgan fingerprint density at radius 1 is 1.03 bits per heavy atom. The van der Waals surface area contributed by atoms with Crippen LogP contribution in [0, 0.1) is 23.2 Å². The average molecular weight is 418 g/mol. The number of hydrogen-bond acceptors (Lipinski definition) is 5. The number of hydrogen-bond donors (Lipinski definition) is 1. The van der Waals surface area contributed by atoms with Gasteiger partial charge >= 0.3 is 5.97 Å². The van der Waals surface area contributed by atoms with Crippen molar-refractivity contribution in [2.24, 2.45) is 23.2 Å². The molecule has 0 heterocycles. The molecule has 0 aromatic heterocycles. The molecule has 0 unspecified atom stereocenters. The molecule has 29 heavy (non-hydrogen) atoms. The first-order valence-electron chi connectivity index (χ1n) is 10.7. The van der Waals surface area contributed by atoms with E-state index in [1.807, 2.05) is 0 Å². The molecule has 1 aromatic carbocycles. The number of ether oxygens (including phenoxy) is 1. The predicted octanol–water partition coefficient (Wildman–Crippen LogP) is 3.07. The first-order chi connectivity index (χ1) is 13.8. The lowest BCUT2D eigenvalue weighted by molar-refractivity contribution is -0.147. The number of nitrogens with one attached hydrogen (secondary N) is 1. The minimum absolute atomic E-state index is 0.00601. The zero-order chi connectivity index (χ0) is 20.2. The molecule has 6 rings (SSSR count). The van der Waals surface area contributed by atoms with Gasteiger partial charge in [-0.3, -0.25) is 4.79 Å². The molecule has 1 N–H and O–H groups in total. The van der Waals surface area contributed by atoms with Gasteiger partial charge in [-0.1, -0.05) is 6.07 Å². The molecule has 5 aliphatic carbocycles. The Balaban J connectivity index is 1.24. The summed E-state index contributed by atoms with van der Waals surface area (Å²) in [5.41, 5.74) is -0.143. The maximum atomic E-state index is 13.0. The maximum absolute atomic E-state index is 13.0. The van der Waals surface area contributed by atoms with Gasteiger partial charge in [0.15, 0.2) is 12.4 Å². The van der Waals surface area contributed by atoms with Crippen molar-refractivity contribution < 1.29 is 22.7 Å². The van der Waals surface area contributed by atoms with Gasteiger partial charge in [0.1, 0.15) is 0 Å². The standard InChI is InChI=1S/C22H27NO5S/c24-20(22-10-14-6-15(11-22)8-16(7-14)12-22)13-28-21(25)17-2-1-3-19(9-17)29(26,27)23-18-4-5-18/h1-3,9,14-16,18,23H,4-8,10-13H2. The van der Waals surface area contributed by atoms with Crippen molar-refractivity contribution in [1.82, 2.24) is 4.72 Å². The number of sulfonamides is 1. The van der Waals surface area contributed by atoms with Crippen LogP contribution in [0.2, 0.25) is 0 Å². The third kappa shape index (κ3) is 3.75. The van der Waals surface area contributed by atoms with Crippen LogP contribution in [0.15, 0.2) is 29.2 Å². The Bertz CT molecular complexity index is 914. The third-order valence-corrected chi connectivity index (χ3v) is 8.76. The SMILES string of the molecule is O=C(OCC(=O)C12CC3CC(CC(C3)C1)C2)c1cccc(S(=O)(=O)NC2CC2)c1. The molecule has 156 valence electrons. The smallest absolute Gasteiger partial charge is 0.338 e. The quantitative estimate of drug-likeness (QED) is 0.689. The van der Waals surface area contributed by atoms with Crippen LogP contribution >= 0.6 is 0 Å². The van der Waals surface area contributed by atoms with Crippen molar-refractivity contribution in [2.45, 2.75) is 62.3 Å². The topological polar surface area (TPSA) is 89.5 Å². The van der Waals surface area contributed by atoms with Gasteiger partial charge in [0.2, 0.25) is 10.0 Å². The molecule has 0 amide bonds. The van der Waals surface area contributed by atoms with Gasteiger partial charge in [0.05, 0.1) is 10.5 Å². The van der Waals surface area contributed by atoms with E-state index in [0.29, 0.717) is 17.8 Å². The van der Waals surface area contributed by atoms with E-state index in [1.54, 1.807) is 0 Å². The number of ketones is 1. The molecule has 0 spiro atoms. The van der Waals surface area contributed by atoms with Crippen LogP contribution in [0.3, 0.4) is 0 Å². The summed E-state index contributed by atoms with van der Waals surface area (Å²) >= 11 is 0. The van der Waals surface area contributed by atoms with Crippen LogP contribution in [0.1, 0.15) is 61.7 Å². The normalized spacial score (nSPS) is 32.9.